The van der Waals surface area contributed by atoms with Crippen LogP contribution in [0.15, 0.2) is 97.7 Å². The number of benzene rings is 1. The molecule has 0 fully saturated rings. The summed E-state index contributed by atoms with van der Waals surface area (Å²) >= 11 is 0. The van der Waals surface area contributed by atoms with Crippen LogP contribution in [0.2, 0.25) is 0 Å². The third kappa shape index (κ3) is 4.15. The zero-order chi connectivity index (χ0) is 26.2. The minimum absolute atomic E-state index is 0.208. The lowest BCUT2D eigenvalue weighted by Crippen LogP contribution is -2.11. The first-order valence-corrected chi connectivity index (χ1v) is 12.2. The fourth-order valence-corrected chi connectivity index (χ4v) is 4.43. The van der Waals surface area contributed by atoms with Gasteiger partial charge in [0.05, 0.1) is 34.3 Å². The molecule has 10 heteroatoms. The Labute approximate surface area is 221 Å². The molecule has 0 aliphatic carbocycles. The molecular formula is C29H19N9O. The van der Waals surface area contributed by atoms with Gasteiger partial charge in [0.2, 0.25) is 0 Å². The standard InChI is InChI=1S/C29H19N9O/c39-29(17-5-2-1-3-6-17)33-20-13-19(15-31-16-20)21-8-9-23-26(34-21)27(38-37-23)28-35-22-10-12-32-24(25(22)36-28)18-7-4-11-30-14-18/h1-16H,(H,33,39)(H,35,36)(H,37,38). The Kier molecular flexibility index (Phi) is 5.33. The van der Waals surface area contributed by atoms with Crippen molar-refractivity contribution in [2.24, 2.45) is 0 Å². The van der Waals surface area contributed by atoms with E-state index in [0.717, 1.165) is 33.4 Å². The topological polar surface area (TPSA) is 138 Å². The van der Waals surface area contributed by atoms with Crippen LogP contribution in [0.4, 0.5) is 5.69 Å². The summed E-state index contributed by atoms with van der Waals surface area (Å²) in [4.78, 5) is 38.7. The molecule has 6 heterocycles. The average molecular weight is 510 g/mol. The number of nitrogens with one attached hydrogen (secondary N) is 3. The van der Waals surface area contributed by atoms with E-state index in [0.29, 0.717) is 34.0 Å². The van der Waals surface area contributed by atoms with Crippen LogP contribution in [0, 0.1) is 0 Å². The van der Waals surface area contributed by atoms with Gasteiger partial charge in [-0.3, -0.25) is 24.8 Å². The first-order chi connectivity index (χ1) is 19.2. The number of pyridine rings is 4. The van der Waals surface area contributed by atoms with E-state index >= 15 is 0 Å². The highest BCUT2D eigenvalue weighted by molar-refractivity contribution is 6.04. The van der Waals surface area contributed by atoms with Crippen molar-refractivity contribution in [3.8, 4) is 34.0 Å². The van der Waals surface area contributed by atoms with Gasteiger partial charge in [0.1, 0.15) is 11.0 Å². The monoisotopic (exact) mass is 509 g/mol. The van der Waals surface area contributed by atoms with Crippen LogP contribution in [0.5, 0.6) is 0 Å². The fraction of sp³-hybridized carbons (Fsp3) is 0. The minimum atomic E-state index is -0.208. The van der Waals surface area contributed by atoms with Gasteiger partial charge < -0.3 is 10.3 Å². The number of nitrogens with zero attached hydrogens (tertiary/aromatic N) is 6. The molecule has 0 spiro atoms. The smallest absolute Gasteiger partial charge is 0.255 e. The van der Waals surface area contributed by atoms with E-state index in [9.17, 15) is 4.79 Å². The van der Waals surface area contributed by atoms with Crippen LogP contribution in [0.25, 0.3) is 56.1 Å². The van der Waals surface area contributed by atoms with E-state index in [2.05, 4.69) is 35.5 Å². The molecule has 0 radical (unpaired) electrons. The first kappa shape index (κ1) is 22.4. The summed E-state index contributed by atoms with van der Waals surface area (Å²) in [5.41, 5.74) is 7.74. The van der Waals surface area contributed by atoms with Crippen LogP contribution in [-0.4, -0.2) is 46.0 Å². The first-order valence-electron chi connectivity index (χ1n) is 12.2. The Hall–Kier alpha value is -5.77. The maximum atomic E-state index is 12.6. The van der Waals surface area contributed by atoms with Crippen molar-refractivity contribution in [1.82, 2.24) is 40.1 Å². The molecule has 1 aromatic carbocycles. The molecule has 6 aromatic heterocycles. The van der Waals surface area contributed by atoms with Crippen LogP contribution in [-0.2, 0) is 0 Å². The Morgan fingerprint density at radius 3 is 2.49 bits per heavy atom. The summed E-state index contributed by atoms with van der Waals surface area (Å²) in [7, 11) is 0. The zero-order valence-electron chi connectivity index (χ0n) is 20.3. The third-order valence-electron chi connectivity index (χ3n) is 6.30. The normalized spacial score (nSPS) is 11.2. The highest BCUT2D eigenvalue weighted by Gasteiger charge is 2.17. The lowest BCUT2D eigenvalue weighted by atomic mass is 10.1. The van der Waals surface area contributed by atoms with Crippen LogP contribution < -0.4 is 5.32 Å². The predicted molar refractivity (Wildman–Crippen MR) is 148 cm³/mol. The second-order valence-corrected chi connectivity index (χ2v) is 8.83. The van der Waals surface area contributed by atoms with Crippen molar-refractivity contribution >= 4 is 33.7 Å². The van der Waals surface area contributed by atoms with Gasteiger partial charge in [-0.05, 0) is 48.5 Å². The molecule has 0 aliphatic rings. The maximum Gasteiger partial charge on any atom is 0.255 e. The average Bonchev–Trinajstić information content (AvgIpc) is 3.62. The number of rotatable bonds is 5. The van der Waals surface area contributed by atoms with Gasteiger partial charge in [-0.25, -0.2) is 9.97 Å². The van der Waals surface area contributed by atoms with E-state index in [1.807, 2.05) is 54.6 Å². The molecule has 7 aromatic rings. The summed E-state index contributed by atoms with van der Waals surface area (Å²) < 4.78 is 0. The molecule has 7 rings (SSSR count). The summed E-state index contributed by atoms with van der Waals surface area (Å²) in [5.74, 6) is 0.362. The van der Waals surface area contributed by atoms with Gasteiger partial charge in [-0.15, -0.1) is 0 Å². The van der Waals surface area contributed by atoms with Crippen LogP contribution in [0.3, 0.4) is 0 Å². The Morgan fingerprint density at radius 1 is 0.744 bits per heavy atom. The molecule has 0 saturated carbocycles. The number of imidazole rings is 1. The Bertz CT molecular complexity index is 1960. The largest absolute Gasteiger partial charge is 0.336 e. The van der Waals surface area contributed by atoms with Gasteiger partial charge in [-0.2, -0.15) is 5.10 Å². The molecule has 10 nitrogen and oxygen atoms in total. The highest BCUT2D eigenvalue weighted by Crippen LogP contribution is 2.30. The molecule has 3 N–H and O–H groups in total. The maximum absolute atomic E-state index is 12.6. The number of carbonyl (C=O) groups excluding carboxylic acids is 1. The van der Waals surface area contributed by atoms with Gasteiger partial charge in [0, 0.05) is 41.5 Å². The van der Waals surface area contributed by atoms with Crippen molar-refractivity contribution < 1.29 is 4.79 Å². The number of aromatic amines is 2. The SMILES string of the molecule is O=C(Nc1cncc(-c2ccc3[nH]nc(-c4nc5c(-c6cccnc6)nccc5[nH]4)c3n2)c1)c1ccccc1. The number of amides is 1. The van der Waals surface area contributed by atoms with Crippen LogP contribution >= 0.6 is 0 Å². The molecule has 0 unspecified atom stereocenters. The summed E-state index contributed by atoms with van der Waals surface area (Å²) in [5, 5.41) is 10.4. The van der Waals surface area contributed by atoms with E-state index in [1.54, 1.807) is 43.1 Å². The summed E-state index contributed by atoms with van der Waals surface area (Å²) in [6.45, 7) is 0. The van der Waals surface area contributed by atoms with E-state index in [1.165, 1.54) is 0 Å². The molecule has 1 amide bonds. The van der Waals surface area contributed by atoms with E-state index in [4.69, 9.17) is 9.97 Å². The van der Waals surface area contributed by atoms with Gasteiger partial charge in [0.25, 0.3) is 5.91 Å². The zero-order valence-corrected chi connectivity index (χ0v) is 20.3. The predicted octanol–water partition coefficient (Wildman–Crippen LogP) is 5.27. The summed E-state index contributed by atoms with van der Waals surface area (Å²) in [6, 6.07) is 20.4. The van der Waals surface area contributed by atoms with E-state index in [-0.39, 0.29) is 5.91 Å². The quantitative estimate of drug-likeness (QED) is 0.287. The second kappa shape index (κ2) is 9.27. The highest BCUT2D eigenvalue weighted by atomic mass is 16.1. The van der Waals surface area contributed by atoms with Crippen LogP contribution in [0.1, 0.15) is 10.4 Å². The lowest BCUT2D eigenvalue weighted by molar-refractivity contribution is 0.102. The van der Waals surface area contributed by atoms with Crippen molar-refractivity contribution in [2.75, 3.05) is 5.32 Å². The number of fused-ring (bicyclic) bond motifs is 2. The molecule has 39 heavy (non-hydrogen) atoms. The molecule has 0 aliphatic heterocycles. The second-order valence-electron chi connectivity index (χ2n) is 8.83. The van der Waals surface area contributed by atoms with Crippen molar-refractivity contribution in [3.63, 3.8) is 0 Å². The van der Waals surface area contributed by atoms with Crippen molar-refractivity contribution in [2.45, 2.75) is 0 Å². The molecule has 186 valence electrons. The van der Waals surface area contributed by atoms with Gasteiger partial charge in [0.15, 0.2) is 11.5 Å². The number of H-pyrrole nitrogens is 2. The third-order valence-corrected chi connectivity index (χ3v) is 6.30. The van der Waals surface area contributed by atoms with Crippen molar-refractivity contribution in [3.05, 3.63) is 103 Å². The number of hydrogen-bond acceptors (Lipinski definition) is 7. The molecule has 0 saturated heterocycles. The minimum Gasteiger partial charge on any atom is -0.336 e. The molecule has 0 bridgehead atoms. The molecule has 0 atom stereocenters. The van der Waals surface area contributed by atoms with Gasteiger partial charge >= 0.3 is 0 Å². The Balaban J connectivity index is 1.25. The Morgan fingerprint density at radius 2 is 1.62 bits per heavy atom. The van der Waals surface area contributed by atoms with Gasteiger partial charge in [-0.1, -0.05) is 18.2 Å². The lowest BCUT2D eigenvalue weighted by Gasteiger charge is -2.07. The molecular weight excluding hydrogens is 490 g/mol. The summed E-state index contributed by atoms with van der Waals surface area (Å²) in [6.07, 6.45) is 8.54. The number of anilines is 1. The number of aromatic nitrogens is 8. The van der Waals surface area contributed by atoms with Crippen molar-refractivity contribution in [1.29, 1.82) is 0 Å². The fourth-order valence-electron chi connectivity index (χ4n) is 4.43. The number of hydrogen-bond donors (Lipinski definition) is 3. The van der Waals surface area contributed by atoms with E-state index < -0.39 is 0 Å². The number of carbonyl (C=O) groups is 1.